The molecular weight excluding hydrogens is 380 g/mol. The van der Waals surface area contributed by atoms with E-state index in [0.29, 0.717) is 5.95 Å². The molecule has 2 heterocycles. The van der Waals surface area contributed by atoms with Gasteiger partial charge in [-0.05, 0) is 42.5 Å². The predicted molar refractivity (Wildman–Crippen MR) is 118 cm³/mol. The molecule has 0 bridgehead atoms. The summed E-state index contributed by atoms with van der Waals surface area (Å²) in [5.41, 5.74) is 9.85. The van der Waals surface area contributed by atoms with Crippen molar-refractivity contribution in [2.24, 2.45) is 5.73 Å². The number of nitrogens with two attached hydrogens (primary N) is 1. The predicted octanol–water partition coefficient (Wildman–Crippen LogP) is 2.62. The minimum atomic E-state index is -0.399. The minimum Gasteiger partial charge on any atom is -0.378 e. The second kappa shape index (κ2) is 9.23. The third-order valence-electron chi connectivity index (χ3n) is 4.80. The van der Waals surface area contributed by atoms with Crippen LogP contribution in [0, 0.1) is 0 Å². The summed E-state index contributed by atoms with van der Waals surface area (Å²) in [6.45, 7) is 3.46. The summed E-state index contributed by atoms with van der Waals surface area (Å²) in [4.78, 5) is 22.1. The summed E-state index contributed by atoms with van der Waals surface area (Å²) in [6, 6.07) is 17.7. The summed E-state index contributed by atoms with van der Waals surface area (Å²) < 4.78 is 5.41. The highest BCUT2D eigenvalue weighted by Crippen LogP contribution is 2.23. The third kappa shape index (κ3) is 5.03. The number of hydrogen-bond acceptors (Lipinski definition) is 7. The zero-order valence-electron chi connectivity index (χ0n) is 16.5. The molecule has 1 fully saturated rings. The fourth-order valence-electron chi connectivity index (χ4n) is 3.23. The number of ether oxygens (including phenoxy) is 1. The van der Waals surface area contributed by atoms with Crippen LogP contribution in [0.1, 0.15) is 0 Å². The van der Waals surface area contributed by atoms with Gasteiger partial charge in [-0.1, -0.05) is 12.1 Å². The van der Waals surface area contributed by atoms with Crippen molar-refractivity contribution in [2.75, 3.05) is 48.4 Å². The van der Waals surface area contributed by atoms with Crippen molar-refractivity contribution in [2.45, 2.75) is 0 Å². The Morgan fingerprint density at radius 2 is 1.70 bits per heavy atom. The van der Waals surface area contributed by atoms with Crippen LogP contribution in [0.2, 0.25) is 0 Å². The van der Waals surface area contributed by atoms with Crippen LogP contribution in [0.5, 0.6) is 0 Å². The lowest BCUT2D eigenvalue weighted by atomic mass is 10.1. The first kappa shape index (κ1) is 19.7. The number of hydrogen-bond donors (Lipinski definition) is 3. The number of carbonyl (C=O) groups excluding carboxylic acids is 1. The Hall–Kier alpha value is -3.65. The molecule has 0 aliphatic carbocycles. The normalized spacial score (nSPS) is 13.7. The van der Waals surface area contributed by atoms with Gasteiger partial charge in [0.15, 0.2) is 0 Å². The van der Waals surface area contributed by atoms with Gasteiger partial charge in [0.25, 0.3) is 0 Å². The molecule has 8 heteroatoms. The molecule has 8 nitrogen and oxygen atoms in total. The fraction of sp³-hybridized carbons (Fsp3) is 0.227. The number of primary amides is 1. The van der Waals surface area contributed by atoms with Gasteiger partial charge in [-0.15, -0.1) is 0 Å². The highest BCUT2D eigenvalue weighted by atomic mass is 16.5. The van der Waals surface area contributed by atoms with E-state index in [2.05, 4.69) is 37.6 Å². The zero-order chi connectivity index (χ0) is 20.8. The quantitative estimate of drug-likeness (QED) is 0.556. The summed E-state index contributed by atoms with van der Waals surface area (Å²) in [6.07, 6.45) is 1.73. The minimum absolute atomic E-state index is 0.102. The first-order chi connectivity index (χ1) is 14.7. The molecule has 1 aliphatic heterocycles. The smallest absolute Gasteiger partial charge is 0.236 e. The van der Waals surface area contributed by atoms with Crippen LogP contribution in [0.25, 0.3) is 11.3 Å². The lowest BCUT2D eigenvalue weighted by Crippen LogP contribution is -2.36. The third-order valence-corrected chi connectivity index (χ3v) is 4.80. The monoisotopic (exact) mass is 404 g/mol. The van der Waals surface area contributed by atoms with E-state index in [1.165, 1.54) is 5.69 Å². The highest BCUT2D eigenvalue weighted by molar-refractivity contribution is 5.79. The van der Waals surface area contributed by atoms with Gasteiger partial charge in [0.05, 0.1) is 25.5 Å². The molecule has 30 heavy (non-hydrogen) atoms. The van der Waals surface area contributed by atoms with Crippen molar-refractivity contribution >= 4 is 28.9 Å². The number of benzene rings is 2. The molecule has 3 aromatic rings. The van der Waals surface area contributed by atoms with Crippen LogP contribution in [-0.4, -0.2) is 48.7 Å². The fourth-order valence-corrected chi connectivity index (χ4v) is 3.23. The summed E-state index contributed by atoms with van der Waals surface area (Å²) in [5, 5.41) is 6.22. The number of rotatable bonds is 7. The standard InChI is InChI=1S/C22H24N6O2/c23-21(29)15-25-17-3-1-16(2-4-17)20-9-10-24-22(27-20)26-18-5-7-19(8-6-18)28-11-13-30-14-12-28/h1-10,25H,11-15H2,(H2,23,29)(H,24,26,27). The maximum Gasteiger partial charge on any atom is 0.236 e. The number of anilines is 4. The second-order valence-corrected chi connectivity index (χ2v) is 6.93. The Labute approximate surface area is 175 Å². The van der Waals surface area contributed by atoms with Crippen molar-refractivity contribution in [1.82, 2.24) is 9.97 Å². The largest absolute Gasteiger partial charge is 0.378 e. The van der Waals surface area contributed by atoms with Crippen LogP contribution in [-0.2, 0) is 9.53 Å². The van der Waals surface area contributed by atoms with Crippen LogP contribution in [0.3, 0.4) is 0 Å². The molecule has 1 saturated heterocycles. The first-order valence-corrected chi connectivity index (χ1v) is 9.83. The van der Waals surface area contributed by atoms with E-state index < -0.39 is 5.91 Å². The average Bonchev–Trinajstić information content (AvgIpc) is 2.79. The second-order valence-electron chi connectivity index (χ2n) is 6.93. The van der Waals surface area contributed by atoms with Crippen molar-refractivity contribution in [1.29, 1.82) is 0 Å². The SMILES string of the molecule is NC(=O)CNc1ccc(-c2ccnc(Nc3ccc(N4CCOCC4)cc3)n2)cc1. The molecule has 0 saturated carbocycles. The van der Waals surface area contributed by atoms with E-state index in [1.54, 1.807) is 6.20 Å². The van der Waals surface area contributed by atoms with Gasteiger partial charge in [0.2, 0.25) is 11.9 Å². The maximum absolute atomic E-state index is 10.9. The van der Waals surface area contributed by atoms with Crippen molar-refractivity contribution < 1.29 is 9.53 Å². The highest BCUT2D eigenvalue weighted by Gasteiger charge is 2.11. The topological polar surface area (TPSA) is 105 Å². The Morgan fingerprint density at radius 3 is 2.40 bits per heavy atom. The molecule has 4 N–H and O–H groups in total. The molecule has 1 aliphatic rings. The summed E-state index contributed by atoms with van der Waals surface area (Å²) in [7, 11) is 0. The van der Waals surface area contributed by atoms with Gasteiger partial charge in [-0.25, -0.2) is 9.97 Å². The van der Waals surface area contributed by atoms with Crippen LogP contribution in [0.15, 0.2) is 60.8 Å². The van der Waals surface area contributed by atoms with Crippen molar-refractivity contribution in [3.63, 3.8) is 0 Å². The van der Waals surface area contributed by atoms with Crippen LogP contribution < -0.4 is 21.3 Å². The van der Waals surface area contributed by atoms with Crippen LogP contribution >= 0.6 is 0 Å². The lowest BCUT2D eigenvalue weighted by Gasteiger charge is -2.28. The molecule has 0 radical (unpaired) electrons. The van der Waals surface area contributed by atoms with Gasteiger partial charge in [-0.3, -0.25) is 4.79 Å². The van der Waals surface area contributed by atoms with E-state index in [4.69, 9.17) is 10.5 Å². The molecule has 0 atom stereocenters. The summed E-state index contributed by atoms with van der Waals surface area (Å²) in [5.74, 6) is 0.131. The Kier molecular flexibility index (Phi) is 6.05. The Morgan fingerprint density at radius 1 is 1.00 bits per heavy atom. The van der Waals surface area contributed by atoms with E-state index in [9.17, 15) is 4.79 Å². The van der Waals surface area contributed by atoms with Gasteiger partial charge < -0.3 is 26.0 Å². The van der Waals surface area contributed by atoms with Gasteiger partial charge in [0.1, 0.15) is 0 Å². The zero-order valence-corrected chi connectivity index (χ0v) is 16.5. The molecule has 0 unspecified atom stereocenters. The van der Waals surface area contributed by atoms with E-state index in [0.717, 1.165) is 48.9 Å². The number of nitrogens with one attached hydrogen (secondary N) is 2. The van der Waals surface area contributed by atoms with Crippen molar-refractivity contribution in [3.05, 3.63) is 60.8 Å². The van der Waals surface area contributed by atoms with Gasteiger partial charge in [0, 0.05) is 41.9 Å². The van der Waals surface area contributed by atoms with Gasteiger partial charge >= 0.3 is 0 Å². The number of morpholine rings is 1. The number of carbonyl (C=O) groups is 1. The van der Waals surface area contributed by atoms with Crippen LogP contribution in [0.4, 0.5) is 23.0 Å². The molecule has 154 valence electrons. The van der Waals surface area contributed by atoms with E-state index >= 15 is 0 Å². The average molecular weight is 404 g/mol. The molecule has 4 rings (SSSR count). The molecule has 2 aromatic carbocycles. The molecule has 1 aromatic heterocycles. The number of aromatic nitrogens is 2. The molecular formula is C22H24N6O2. The van der Waals surface area contributed by atoms with Gasteiger partial charge in [-0.2, -0.15) is 0 Å². The summed E-state index contributed by atoms with van der Waals surface area (Å²) >= 11 is 0. The van der Waals surface area contributed by atoms with Crippen molar-refractivity contribution in [3.8, 4) is 11.3 Å². The lowest BCUT2D eigenvalue weighted by molar-refractivity contribution is -0.116. The number of nitrogens with zero attached hydrogens (tertiary/aromatic N) is 3. The maximum atomic E-state index is 10.9. The first-order valence-electron chi connectivity index (χ1n) is 9.83. The Bertz CT molecular complexity index is 985. The Balaban J connectivity index is 1.42. The number of amides is 1. The molecule has 0 spiro atoms. The van der Waals surface area contributed by atoms with E-state index in [-0.39, 0.29) is 6.54 Å². The van der Waals surface area contributed by atoms with E-state index in [1.807, 2.05) is 42.5 Å². The molecule has 1 amide bonds.